The van der Waals surface area contributed by atoms with Gasteiger partial charge in [0.15, 0.2) is 0 Å². The maximum atomic E-state index is 10.4. The van der Waals surface area contributed by atoms with Crippen LogP contribution in [-0.4, -0.2) is 209 Å². The first-order chi connectivity index (χ1) is 28.0. The molecule has 0 aromatic carbocycles. The number of carbonyl (C=O) groups is 10. The van der Waals surface area contributed by atoms with Crippen molar-refractivity contribution in [3.05, 3.63) is 0 Å². The minimum atomic E-state index is -1.28. The number of carbonyl (C=O) groups excluding carboxylic acids is 10. The van der Waals surface area contributed by atoms with Crippen LogP contribution in [0.2, 0.25) is 0 Å². The van der Waals surface area contributed by atoms with Crippen LogP contribution >= 0.6 is 0 Å². The van der Waals surface area contributed by atoms with Crippen molar-refractivity contribution in [2.45, 2.75) is 34.6 Å². The Bertz CT molecular complexity index is 1080. The molecule has 0 saturated heterocycles. The Morgan fingerprint density at radius 3 is 0.500 bits per heavy atom. The largest absolute Gasteiger partial charge is 4.00 e. The number of nitrogens with zero attached hydrogens (tertiary/aromatic N) is 5. The van der Waals surface area contributed by atoms with Gasteiger partial charge in [-0.1, -0.05) is 34.6 Å². The summed E-state index contributed by atoms with van der Waals surface area (Å²) >= 11 is 0. The normalized spacial score (nSPS) is 9.60. The van der Waals surface area contributed by atoms with Crippen molar-refractivity contribution in [3.8, 4) is 0 Å². The SMILES string of the molecule is CCN(CC(=O)[O-])CC(=O)OO.CCN(CC(=O)[O-])CC(=O)OO.CCN(CC(=O)[O-])CC(=O)OO.CCN(CC(=O)[O-])CC(=O)OO.CCN(CC(=O)[O-])CC(=O)OO.[Na+].[Zr+4]. The molecule has 0 atom stereocenters. The van der Waals surface area contributed by atoms with Crippen molar-refractivity contribution in [3.63, 3.8) is 0 Å². The van der Waals surface area contributed by atoms with Gasteiger partial charge in [0.1, 0.15) is 32.7 Å². The molecule has 0 bridgehead atoms. The smallest absolute Gasteiger partial charge is 0.549 e. The first-order valence-electron chi connectivity index (χ1n) is 16.8. The zero-order chi connectivity index (χ0) is 47.8. The Kier molecular flexibility index (Phi) is 56.5. The summed E-state index contributed by atoms with van der Waals surface area (Å²) in [5.74, 6) is -10.8. The van der Waals surface area contributed by atoms with Gasteiger partial charge < -0.3 is 49.5 Å². The van der Waals surface area contributed by atoms with Crippen LogP contribution in [0.5, 0.6) is 0 Å². The second-order valence-electron chi connectivity index (χ2n) is 10.7. The monoisotopic (exact) mass is 993 g/mol. The summed E-state index contributed by atoms with van der Waals surface area (Å²) in [6.07, 6.45) is 0. The molecule has 0 rings (SSSR count). The molecule has 0 radical (unpaired) electrons. The molecule has 0 heterocycles. The summed E-state index contributed by atoms with van der Waals surface area (Å²) in [5, 5.41) is 89.7. The van der Waals surface area contributed by atoms with Crippen LogP contribution < -0.4 is 55.1 Å². The number of carboxylic acids is 5. The number of rotatable bonds is 25. The predicted molar refractivity (Wildman–Crippen MR) is 179 cm³/mol. The van der Waals surface area contributed by atoms with Gasteiger partial charge in [0.25, 0.3) is 0 Å². The molecule has 0 spiro atoms. The van der Waals surface area contributed by atoms with Gasteiger partial charge in [-0.05, 0) is 32.7 Å². The minimum absolute atomic E-state index is 0. The maximum Gasteiger partial charge on any atom is 4.00 e. The van der Waals surface area contributed by atoms with Gasteiger partial charge in [-0.2, -0.15) is 26.3 Å². The summed E-state index contributed by atoms with van der Waals surface area (Å²) in [6, 6.07) is 0. The third kappa shape index (κ3) is 54.2. The van der Waals surface area contributed by atoms with E-state index in [0.717, 1.165) is 0 Å². The van der Waals surface area contributed by atoms with Gasteiger partial charge in [-0.3, -0.25) is 48.9 Å². The Morgan fingerprint density at radius 1 is 0.323 bits per heavy atom. The van der Waals surface area contributed by atoms with E-state index in [1.165, 1.54) is 24.5 Å². The molecule has 0 aromatic rings. The number of hydrogen-bond acceptors (Lipinski definition) is 30. The fraction of sp³-hybridized carbons (Fsp3) is 0.667. The van der Waals surface area contributed by atoms with Crippen LogP contribution in [0.25, 0.3) is 0 Å². The molecule has 0 aliphatic heterocycles. The standard InChI is InChI=1S/5C6H11NO5.Na.Zr/c5*1-2-7(3-5(8)9)4-6(10)12-11;;/h5*11H,2-4H2,1H3,(H,8,9);;/q;;;;;+1;+4/p-5. The molecule has 0 unspecified atom stereocenters. The molecule has 0 aromatic heterocycles. The van der Waals surface area contributed by atoms with Crippen LogP contribution in [0.15, 0.2) is 0 Å². The minimum Gasteiger partial charge on any atom is -0.549 e. The second-order valence-corrected chi connectivity index (χ2v) is 10.7. The molecule has 350 valence electrons. The molecular formula is C30H50N5NaO25Zr. The summed E-state index contributed by atoms with van der Waals surface area (Å²) in [7, 11) is 0. The van der Waals surface area contributed by atoms with Crippen molar-refractivity contribution in [1.82, 2.24) is 24.5 Å². The van der Waals surface area contributed by atoms with Crippen molar-refractivity contribution >= 4 is 59.7 Å². The molecule has 0 amide bonds. The molecule has 30 nitrogen and oxygen atoms in total. The summed E-state index contributed by atoms with van der Waals surface area (Å²) in [4.78, 5) is 126. The fourth-order valence-corrected chi connectivity index (χ4v) is 3.37. The topological polar surface area (TPSA) is 450 Å². The Hall–Kier alpha value is -3.82. The first kappa shape index (κ1) is 72.6. The molecule has 62 heavy (non-hydrogen) atoms. The Morgan fingerprint density at radius 2 is 0.435 bits per heavy atom. The Labute approximate surface area is 395 Å². The van der Waals surface area contributed by atoms with Gasteiger partial charge >= 0.3 is 85.6 Å². The number of hydrogen-bond donors (Lipinski definition) is 5. The number of likely N-dealkylation sites (N-methyl/N-ethyl adjacent to an activating group) is 5. The zero-order valence-corrected chi connectivity index (χ0v) is 39.2. The first-order valence-corrected chi connectivity index (χ1v) is 16.8. The van der Waals surface area contributed by atoms with Crippen LogP contribution in [0.1, 0.15) is 34.6 Å². The van der Waals surface area contributed by atoms with E-state index >= 15 is 0 Å². The molecule has 0 fully saturated rings. The van der Waals surface area contributed by atoms with E-state index in [0.29, 0.717) is 32.7 Å². The van der Waals surface area contributed by atoms with Crippen LogP contribution in [0.4, 0.5) is 0 Å². The average molecular weight is 995 g/mol. The summed E-state index contributed by atoms with van der Waals surface area (Å²) in [5.41, 5.74) is 0. The summed E-state index contributed by atoms with van der Waals surface area (Å²) in [6.45, 7) is 7.10. The van der Waals surface area contributed by atoms with Crippen molar-refractivity contribution < 1.29 is 180 Å². The van der Waals surface area contributed by atoms with Gasteiger partial charge in [-0.25, -0.2) is 24.0 Å². The van der Waals surface area contributed by atoms with Crippen molar-refractivity contribution in [2.75, 3.05) is 98.2 Å². The summed E-state index contributed by atoms with van der Waals surface area (Å²) < 4.78 is 0. The number of carboxylic acid groups (broad SMARTS) is 5. The van der Waals surface area contributed by atoms with Crippen molar-refractivity contribution in [2.24, 2.45) is 0 Å². The molecule has 5 N–H and O–H groups in total. The van der Waals surface area contributed by atoms with E-state index < -0.39 is 59.7 Å². The number of aliphatic carboxylic acids is 5. The molecular weight excluding hydrogens is 945 g/mol. The predicted octanol–water partition coefficient (Wildman–Crippen LogP) is -12.6. The van der Waals surface area contributed by atoms with E-state index in [2.05, 4.69) is 24.4 Å². The average Bonchev–Trinajstić information content (AvgIpc) is 3.18. The third-order valence-electron chi connectivity index (χ3n) is 6.27. The molecule has 0 aliphatic rings. The maximum absolute atomic E-state index is 10.4. The molecule has 32 heteroatoms. The quantitative estimate of drug-likeness (QED) is 0.0245. The van der Waals surface area contributed by atoms with Crippen LogP contribution in [0.3, 0.4) is 0 Å². The Balaban J connectivity index is -0.000000121. The van der Waals surface area contributed by atoms with Gasteiger partial charge in [0, 0.05) is 32.7 Å². The van der Waals surface area contributed by atoms with E-state index in [1.54, 1.807) is 34.6 Å². The van der Waals surface area contributed by atoms with Gasteiger partial charge in [0.05, 0.1) is 29.8 Å². The molecule has 0 aliphatic carbocycles. The van der Waals surface area contributed by atoms with Crippen LogP contribution in [0, 0.1) is 0 Å². The third-order valence-corrected chi connectivity index (χ3v) is 6.27. The van der Waals surface area contributed by atoms with E-state index in [1.807, 2.05) is 0 Å². The van der Waals surface area contributed by atoms with Crippen LogP contribution in [-0.2, 0) is 98.6 Å². The second kappa shape index (κ2) is 48.2. The zero-order valence-electron chi connectivity index (χ0n) is 34.7. The van der Waals surface area contributed by atoms with E-state index in [-0.39, 0.29) is 121 Å². The fourth-order valence-electron chi connectivity index (χ4n) is 3.37. The van der Waals surface area contributed by atoms with E-state index in [4.69, 9.17) is 26.3 Å². The van der Waals surface area contributed by atoms with E-state index in [9.17, 15) is 73.5 Å². The van der Waals surface area contributed by atoms with Crippen molar-refractivity contribution in [1.29, 1.82) is 0 Å². The van der Waals surface area contributed by atoms with Gasteiger partial charge in [-0.15, -0.1) is 0 Å². The van der Waals surface area contributed by atoms with Gasteiger partial charge in [0.2, 0.25) is 0 Å². The molecule has 0 saturated carbocycles.